The molecule has 2 atom stereocenters. The van der Waals surface area contributed by atoms with Crippen LogP contribution in [0.4, 0.5) is 0 Å². The zero-order valence-electron chi connectivity index (χ0n) is 8.40. The Balaban J connectivity index is 1.93. The van der Waals surface area contributed by atoms with Crippen LogP contribution in [0, 0.1) is 0 Å². The molecule has 2 fully saturated rings. The molecular weight excluding hydrogens is 188 g/mol. The van der Waals surface area contributed by atoms with Crippen LogP contribution in [0.1, 0.15) is 13.8 Å². The third kappa shape index (κ3) is 1.78. The Hall–Kier alpha value is -0.200. The van der Waals surface area contributed by atoms with Crippen molar-refractivity contribution in [3.8, 4) is 0 Å². The molecule has 5 nitrogen and oxygen atoms in total. The van der Waals surface area contributed by atoms with Gasteiger partial charge in [-0.2, -0.15) is 0 Å². The van der Waals surface area contributed by atoms with E-state index >= 15 is 0 Å². The van der Waals surface area contributed by atoms with E-state index in [9.17, 15) is 5.11 Å². The summed E-state index contributed by atoms with van der Waals surface area (Å²) in [5.41, 5.74) is -1.11. The van der Waals surface area contributed by atoms with Gasteiger partial charge in [0.25, 0.3) is 0 Å². The van der Waals surface area contributed by atoms with Gasteiger partial charge in [-0.25, -0.2) is 0 Å². The summed E-state index contributed by atoms with van der Waals surface area (Å²) in [6.45, 7) is 3.88. The van der Waals surface area contributed by atoms with Gasteiger partial charge in [0.15, 0.2) is 5.79 Å². The average Bonchev–Trinajstić information content (AvgIpc) is 2.90. The van der Waals surface area contributed by atoms with Crippen LogP contribution in [0.5, 0.6) is 0 Å². The largest absolute Gasteiger partial charge is 0.394 e. The summed E-state index contributed by atoms with van der Waals surface area (Å²) in [7, 11) is 0. The molecule has 0 bridgehead atoms. The van der Waals surface area contributed by atoms with Gasteiger partial charge in [-0.3, -0.25) is 0 Å². The molecule has 0 unspecified atom stereocenters. The Morgan fingerprint density at radius 3 is 2.29 bits per heavy atom. The Bertz CT molecular complexity index is 217. The second-order valence-corrected chi connectivity index (χ2v) is 4.36. The van der Waals surface area contributed by atoms with Gasteiger partial charge >= 0.3 is 0 Å². The second kappa shape index (κ2) is 3.15. The maximum absolute atomic E-state index is 10.1. The van der Waals surface area contributed by atoms with E-state index in [2.05, 4.69) is 0 Å². The molecular formula is C9H16O5. The van der Waals surface area contributed by atoms with Gasteiger partial charge in [0.2, 0.25) is 0 Å². The van der Waals surface area contributed by atoms with Crippen LogP contribution in [-0.4, -0.2) is 53.6 Å². The van der Waals surface area contributed by atoms with E-state index in [1.54, 1.807) is 13.8 Å². The van der Waals surface area contributed by atoms with Gasteiger partial charge in [-0.1, -0.05) is 0 Å². The zero-order chi connectivity index (χ0) is 10.4. The smallest absolute Gasteiger partial charge is 0.163 e. The highest BCUT2D eigenvalue weighted by Gasteiger charge is 2.56. The number of hydrogen-bond donors (Lipinski definition) is 2. The Kier molecular flexibility index (Phi) is 2.32. The number of rotatable bonds is 2. The first-order chi connectivity index (χ1) is 6.47. The van der Waals surface area contributed by atoms with Gasteiger partial charge < -0.3 is 24.4 Å². The molecule has 2 aliphatic heterocycles. The number of aliphatic hydroxyl groups excluding tert-OH is 1. The molecule has 0 amide bonds. The van der Waals surface area contributed by atoms with E-state index in [1.807, 2.05) is 0 Å². The highest BCUT2D eigenvalue weighted by molar-refractivity contribution is 5.03. The van der Waals surface area contributed by atoms with E-state index in [1.165, 1.54) is 0 Å². The molecule has 5 heteroatoms. The fourth-order valence-electron chi connectivity index (χ4n) is 1.60. The minimum Gasteiger partial charge on any atom is -0.394 e. The van der Waals surface area contributed by atoms with E-state index in [0.717, 1.165) is 0 Å². The number of epoxide rings is 1. The van der Waals surface area contributed by atoms with Crippen molar-refractivity contribution < 1.29 is 24.4 Å². The SMILES string of the molecule is CC1(C)OCC(O)([C@H]2O[C@H]2CO)CO1. The van der Waals surface area contributed by atoms with E-state index in [-0.39, 0.29) is 32.0 Å². The summed E-state index contributed by atoms with van der Waals surface area (Å²) in [4.78, 5) is 0. The quantitative estimate of drug-likeness (QED) is 0.580. The number of aliphatic hydroxyl groups is 2. The summed E-state index contributed by atoms with van der Waals surface area (Å²) < 4.78 is 15.8. The maximum atomic E-state index is 10.1. The van der Waals surface area contributed by atoms with Crippen molar-refractivity contribution in [2.45, 2.75) is 37.4 Å². The maximum Gasteiger partial charge on any atom is 0.163 e. The minimum atomic E-state index is -1.11. The molecule has 2 N–H and O–H groups in total. The van der Waals surface area contributed by atoms with Crippen LogP contribution in [0.15, 0.2) is 0 Å². The molecule has 2 saturated heterocycles. The molecule has 0 saturated carbocycles. The first-order valence-corrected chi connectivity index (χ1v) is 4.73. The molecule has 0 aromatic carbocycles. The third-order valence-corrected chi connectivity index (χ3v) is 2.63. The highest BCUT2D eigenvalue weighted by Crippen LogP contribution is 2.36. The van der Waals surface area contributed by atoms with Gasteiger partial charge in [0.05, 0.1) is 19.8 Å². The number of hydrogen-bond acceptors (Lipinski definition) is 5. The van der Waals surface area contributed by atoms with Crippen LogP contribution in [0.25, 0.3) is 0 Å². The molecule has 0 aromatic rings. The van der Waals surface area contributed by atoms with E-state index in [0.29, 0.717) is 0 Å². The third-order valence-electron chi connectivity index (χ3n) is 2.63. The molecule has 0 spiro atoms. The first kappa shape index (κ1) is 10.3. The predicted molar refractivity (Wildman–Crippen MR) is 46.7 cm³/mol. The monoisotopic (exact) mass is 204 g/mol. The lowest BCUT2D eigenvalue weighted by Gasteiger charge is -2.39. The van der Waals surface area contributed by atoms with Crippen LogP contribution < -0.4 is 0 Å². The fourth-order valence-corrected chi connectivity index (χ4v) is 1.60. The second-order valence-electron chi connectivity index (χ2n) is 4.36. The first-order valence-electron chi connectivity index (χ1n) is 4.73. The van der Waals surface area contributed by atoms with Gasteiger partial charge in [0.1, 0.15) is 17.8 Å². The molecule has 0 aromatic heterocycles. The molecule has 82 valence electrons. The van der Waals surface area contributed by atoms with Crippen LogP contribution in [-0.2, 0) is 14.2 Å². The predicted octanol–water partition coefficient (Wildman–Crippen LogP) is -0.740. The minimum absolute atomic E-state index is 0.0730. The lowest BCUT2D eigenvalue weighted by molar-refractivity contribution is -0.304. The molecule has 2 aliphatic rings. The fraction of sp³-hybridized carbons (Fsp3) is 1.00. The van der Waals surface area contributed by atoms with Crippen molar-refractivity contribution in [2.75, 3.05) is 19.8 Å². The molecule has 2 rings (SSSR count). The molecule has 0 radical (unpaired) electrons. The lowest BCUT2D eigenvalue weighted by Crippen LogP contribution is -2.55. The van der Waals surface area contributed by atoms with Crippen molar-refractivity contribution in [1.29, 1.82) is 0 Å². The Morgan fingerprint density at radius 2 is 1.86 bits per heavy atom. The zero-order valence-corrected chi connectivity index (χ0v) is 8.40. The summed E-state index contributed by atoms with van der Waals surface area (Å²) in [5, 5.41) is 18.9. The van der Waals surface area contributed by atoms with Gasteiger partial charge in [-0.15, -0.1) is 0 Å². The summed E-state index contributed by atoms with van der Waals surface area (Å²) in [6, 6.07) is 0. The lowest BCUT2D eigenvalue weighted by atomic mass is 9.98. The van der Waals surface area contributed by atoms with Crippen LogP contribution in [0.3, 0.4) is 0 Å². The molecule has 0 aliphatic carbocycles. The van der Waals surface area contributed by atoms with Gasteiger partial charge in [0, 0.05) is 0 Å². The van der Waals surface area contributed by atoms with Crippen molar-refractivity contribution >= 4 is 0 Å². The summed E-state index contributed by atoms with van der Waals surface area (Å²) in [6.07, 6.45) is -0.628. The van der Waals surface area contributed by atoms with E-state index in [4.69, 9.17) is 19.3 Å². The molecule has 2 heterocycles. The van der Waals surface area contributed by atoms with Crippen molar-refractivity contribution in [3.05, 3.63) is 0 Å². The Morgan fingerprint density at radius 1 is 1.29 bits per heavy atom. The number of ether oxygens (including phenoxy) is 3. The Labute approximate surface area is 82.6 Å². The average molecular weight is 204 g/mol. The van der Waals surface area contributed by atoms with Crippen LogP contribution in [0.2, 0.25) is 0 Å². The topological polar surface area (TPSA) is 71.5 Å². The standard InChI is InChI=1S/C9H16O5/c1-8(2)12-4-9(11,5-13-8)7-6(3-10)14-7/h6-7,10-11H,3-5H2,1-2H3/t6-,7-/m0/s1. The van der Waals surface area contributed by atoms with Crippen molar-refractivity contribution in [2.24, 2.45) is 0 Å². The normalized spacial score (nSPS) is 39.4. The van der Waals surface area contributed by atoms with Crippen molar-refractivity contribution in [3.63, 3.8) is 0 Å². The van der Waals surface area contributed by atoms with Crippen LogP contribution >= 0.6 is 0 Å². The summed E-state index contributed by atoms with van der Waals surface area (Å²) in [5.74, 6) is -0.643. The van der Waals surface area contributed by atoms with E-state index < -0.39 is 11.4 Å². The summed E-state index contributed by atoms with van der Waals surface area (Å²) >= 11 is 0. The van der Waals surface area contributed by atoms with Crippen molar-refractivity contribution in [1.82, 2.24) is 0 Å². The van der Waals surface area contributed by atoms with Gasteiger partial charge in [-0.05, 0) is 13.8 Å². The molecule has 14 heavy (non-hydrogen) atoms. The highest BCUT2D eigenvalue weighted by atomic mass is 16.7.